The molecule has 1 atom stereocenters. The lowest BCUT2D eigenvalue weighted by Crippen LogP contribution is -2.38. The Balaban J connectivity index is 1.99. The average molecular weight is 327 g/mol. The zero-order valence-corrected chi connectivity index (χ0v) is 13.8. The van der Waals surface area contributed by atoms with Gasteiger partial charge in [-0.05, 0) is 48.5 Å². The summed E-state index contributed by atoms with van der Waals surface area (Å²) in [5.74, 6) is 2.94. The molecule has 0 spiro atoms. The molecule has 0 radical (unpaired) electrons. The molecule has 1 saturated carbocycles. The summed E-state index contributed by atoms with van der Waals surface area (Å²) >= 11 is 9.99. The van der Waals surface area contributed by atoms with Crippen LogP contribution in [0.2, 0.25) is 5.02 Å². The summed E-state index contributed by atoms with van der Waals surface area (Å²) in [6, 6.07) is 8.16. The lowest BCUT2D eigenvalue weighted by molar-refractivity contribution is -0.124. The van der Waals surface area contributed by atoms with Crippen molar-refractivity contribution in [3.8, 4) is 0 Å². The van der Waals surface area contributed by atoms with Gasteiger partial charge >= 0.3 is 0 Å². The highest BCUT2D eigenvalue weighted by Crippen LogP contribution is 2.57. The average Bonchev–Trinajstić information content (AvgIpc) is 2.49. The van der Waals surface area contributed by atoms with E-state index >= 15 is 0 Å². The zero-order chi connectivity index (χ0) is 14.0. The van der Waals surface area contributed by atoms with E-state index in [0.717, 1.165) is 35.8 Å². The predicted molar refractivity (Wildman–Crippen MR) is 89.6 cm³/mol. The first-order valence-corrected chi connectivity index (χ1v) is 9.64. The monoisotopic (exact) mass is 326 g/mol. The molecule has 0 amide bonds. The van der Waals surface area contributed by atoms with Crippen molar-refractivity contribution in [1.29, 1.82) is 0 Å². The summed E-state index contributed by atoms with van der Waals surface area (Å²) in [5, 5.41) is 0.768. The quantitative estimate of drug-likeness (QED) is 0.750. The van der Waals surface area contributed by atoms with Crippen LogP contribution in [0.4, 0.5) is 0 Å². The van der Waals surface area contributed by atoms with E-state index in [2.05, 4.69) is 12.1 Å². The number of hydrogen-bond acceptors (Lipinski definition) is 3. The Morgan fingerprint density at radius 1 is 1.05 bits per heavy atom. The standard InChI is InChI=1S/C16H19ClOS2/c17-13-8-6-12(7-9-13)16(19-10-3-11-20-16)14-4-1-2-5-15(14)18/h6-9,14H,1-5,10-11H2. The van der Waals surface area contributed by atoms with Crippen molar-refractivity contribution in [3.05, 3.63) is 34.9 Å². The van der Waals surface area contributed by atoms with E-state index in [-0.39, 0.29) is 10.00 Å². The highest BCUT2D eigenvalue weighted by Gasteiger charge is 2.46. The highest BCUT2D eigenvalue weighted by atomic mass is 35.5. The minimum Gasteiger partial charge on any atom is -0.299 e. The summed E-state index contributed by atoms with van der Waals surface area (Å²) in [6.07, 6.45) is 5.31. The van der Waals surface area contributed by atoms with Gasteiger partial charge in [-0.1, -0.05) is 30.2 Å². The molecule has 1 aliphatic carbocycles. The van der Waals surface area contributed by atoms with Crippen LogP contribution in [0.25, 0.3) is 0 Å². The topological polar surface area (TPSA) is 17.1 Å². The maximum absolute atomic E-state index is 12.5. The second-order valence-corrected chi connectivity index (χ2v) is 8.87. The molecule has 1 saturated heterocycles. The molecule has 3 rings (SSSR count). The van der Waals surface area contributed by atoms with Gasteiger partial charge in [-0.25, -0.2) is 0 Å². The normalized spacial score (nSPS) is 26.4. The van der Waals surface area contributed by atoms with Crippen LogP contribution in [0.5, 0.6) is 0 Å². The maximum Gasteiger partial charge on any atom is 0.138 e. The first kappa shape index (κ1) is 14.8. The van der Waals surface area contributed by atoms with Crippen LogP contribution in [0.15, 0.2) is 24.3 Å². The Morgan fingerprint density at radius 3 is 2.40 bits per heavy atom. The number of carbonyl (C=O) groups is 1. The van der Waals surface area contributed by atoms with Crippen LogP contribution < -0.4 is 0 Å². The number of hydrogen-bond donors (Lipinski definition) is 0. The smallest absolute Gasteiger partial charge is 0.138 e. The SMILES string of the molecule is O=C1CCCCC1C1(c2ccc(Cl)cc2)SCCCS1. The van der Waals surface area contributed by atoms with Crippen molar-refractivity contribution in [3.63, 3.8) is 0 Å². The molecule has 4 heteroatoms. The van der Waals surface area contributed by atoms with Crippen molar-refractivity contribution in [2.75, 3.05) is 11.5 Å². The van der Waals surface area contributed by atoms with Gasteiger partial charge in [0.25, 0.3) is 0 Å². The van der Waals surface area contributed by atoms with Gasteiger partial charge in [0, 0.05) is 17.4 Å². The summed E-state index contributed by atoms with van der Waals surface area (Å²) < 4.78 is -0.0691. The van der Waals surface area contributed by atoms with Gasteiger partial charge in [0.05, 0.1) is 4.08 Å². The van der Waals surface area contributed by atoms with Crippen molar-refractivity contribution in [1.82, 2.24) is 0 Å². The largest absolute Gasteiger partial charge is 0.299 e. The second-order valence-electron chi connectivity index (χ2n) is 5.49. The van der Waals surface area contributed by atoms with Gasteiger partial charge in [-0.3, -0.25) is 4.79 Å². The Morgan fingerprint density at radius 2 is 1.75 bits per heavy atom. The Kier molecular flexibility index (Phi) is 4.68. The fourth-order valence-electron chi connectivity index (χ4n) is 3.18. The van der Waals surface area contributed by atoms with Gasteiger partial charge in [0.2, 0.25) is 0 Å². The van der Waals surface area contributed by atoms with Gasteiger partial charge < -0.3 is 0 Å². The molecule has 2 aliphatic rings. The van der Waals surface area contributed by atoms with Gasteiger partial charge in [0.15, 0.2) is 0 Å². The fraction of sp³-hybridized carbons (Fsp3) is 0.562. The number of thioether (sulfide) groups is 2. The summed E-state index contributed by atoms with van der Waals surface area (Å²) in [4.78, 5) is 12.5. The molecule has 2 fully saturated rings. The maximum atomic E-state index is 12.5. The van der Waals surface area contributed by atoms with E-state index < -0.39 is 0 Å². The highest BCUT2D eigenvalue weighted by molar-refractivity contribution is 8.18. The van der Waals surface area contributed by atoms with E-state index in [4.69, 9.17) is 11.6 Å². The van der Waals surface area contributed by atoms with Crippen molar-refractivity contribution >= 4 is 40.9 Å². The van der Waals surface area contributed by atoms with Crippen LogP contribution in [0.3, 0.4) is 0 Å². The molecule has 1 heterocycles. The first-order valence-electron chi connectivity index (χ1n) is 7.29. The third-order valence-corrected chi connectivity index (χ3v) is 8.02. The Labute approximate surface area is 134 Å². The second kappa shape index (κ2) is 6.33. The fourth-order valence-corrected chi connectivity index (χ4v) is 7.02. The van der Waals surface area contributed by atoms with Crippen molar-refractivity contribution in [2.45, 2.75) is 36.2 Å². The number of carbonyl (C=O) groups excluding carboxylic acids is 1. The minimum absolute atomic E-state index is 0.0691. The number of benzene rings is 1. The number of Topliss-reactive ketones (excluding diaryl/α,β-unsaturated/α-hetero) is 1. The van der Waals surface area contributed by atoms with E-state index in [1.165, 1.54) is 18.4 Å². The van der Waals surface area contributed by atoms with Gasteiger partial charge in [-0.2, -0.15) is 0 Å². The van der Waals surface area contributed by atoms with E-state index in [1.807, 2.05) is 35.7 Å². The molecule has 0 aromatic heterocycles. The third kappa shape index (κ3) is 2.77. The molecule has 1 nitrogen and oxygen atoms in total. The predicted octanol–water partition coefficient (Wildman–Crippen LogP) is 5.12. The van der Waals surface area contributed by atoms with Crippen LogP contribution >= 0.6 is 35.1 Å². The Bertz CT molecular complexity index is 480. The van der Waals surface area contributed by atoms with E-state index in [1.54, 1.807) is 0 Å². The van der Waals surface area contributed by atoms with E-state index in [9.17, 15) is 4.79 Å². The number of rotatable bonds is 2. The lowest BCUT2D eigenvalue weighted by Gasteiger charge is -2.43. The molecule has 1 aromatic carbocycles. The lowest BCUT2D eigenvalue weighted by atomic mass is 9.83. The van der Waals surface area contributed by atoms with Crippen LogP contribution in [-0.4, -0.2) is 17.3 Å². The van der Waals surface area contributed by atoms with Crippen LogP contribution in [0.1, 0.15) is 37.7 Å². The molecule has 0 bridgehead atoms. The number of halogens is 1. The summed E-state index contributed by atoms with van der Waals surface area (Å²) in [7, 11) is 0. The molecule has 20 heavy (non-hydrogen) atoms. The molecule has 1 aliphatic heterocycles. The summed E-state index contributed by atoms with van der Waals surface area (Å²) in [6.45, 7) is 0. The minimum atomic E-state index is -0.0691. The van der Waals surface area contributed by atoms with Crippen LogP contribution in [-0.2, 0) is 8.87 Å². The van der Waals surface area contributed by atoms with E-state index in [0.29, 0.717) is 5.78 Å². The summed E-state index contributed by atoms with van der Waals surface area (Å²) in [5.41, 5.74) is 1.27. The van der Waals surface area contributed by atoms with Crippen molar-refractivity contribution < 1.29 is 4.79 Å². The molecular weight excluding hydrogens is 308 g/mol. The van der Waals surface area contributed by atoms with Crippen molar-refractivity contribution in [2.24, 2.45) is 5.92 Å². The molecule has 1 unspecified atom stereocenters. The third-order valence-electron chi connectivity index (χ3n) is 4.18. The zero-order valence-electron chi connectivity index (χ0n) is 11.4. The molecule has 1 aromatic rings. The molecule has 108 valence electrons. The van der Waals surface area contributed by atoms with Crippen LogP contribution in [0, 0.1) is 5.92 Å². The van der Waals surface area contributed by atoms with Gasteiger partial charge in [-0.15, -0.1) is 23.5 Å². The molecular formula is C16H19ClOS2. The number of ketones is 1. The molecule has 0 N–H and O–H groups in total. The van der Waals surface area contributed by atoms with Gasteiger partial charge in [0.1, 0.15) is 5.78 Å². The first-order chi connectivity index (χ1) is 9.72. The Hall–Kier alpha value is -0.120.